The Balaban J connectivity index is 0.00000144. The van der Waals surface area contributed by atoms with Gasteiger partial charge in [-0.25, -0.2) is 4.98 Å². The second-order valence-corrected chi connectivity index (χ2v) is 7.49. The lowest BCUT2D eigenvalue weighted by Gasteiger charge is -2.42. The highest BCUT2D eigenvalue weighted by Gasteiger charge is 2.33. The molecule has 1 unspecified atom stereocenters. The Bertz CT molecular complexity index is 703. The van der Waals surface area contributed by atoms with Gasteiger partial charge in [0.15, 0.2) is 0 Å². The molecule has 1 aromatic heterocycles. The van der Waals surface area contributed by atoms with Crippen molar-refractivity contribution in [3.63, 3.8) is 0 Å². The number of aromatic nitrogens is 1. The van der Waals surface area contributed by atoms with Gasteiger partial charge in [0.1, 0.15) is 0 Å². The first-order chi connectivity index (χ1) is 10.4. The Morgan fingerprint density at radius 1 is 1.29 bits per heavy atom. The van der Waals surface area contributed by atoms with Crippen molar-refractivity contribution in [3.8, 4) is 0 Å². The maximum atomic E-state index is 6.58. The van der Waals surface area contributed by atoms with Gasteiger partial charge in [0.2, 0.25) is 0 Å². The first-order valence-corrected chi connectivity index (χ1v) is 8.28. The predicted molar refractivity (Wildman–Crippen MR) is 108 cm³/mol. The number of halogens is 3. The number of piperidine rings is 1. The summed E-state index contributed by atoms with van der Waals surface area (Å²) in [7, 11) is 0. The second-order valence-electron chi connectivity index (χ2n) is 7.11. The number of benzene rings is 1. The fourth-order valence-corrected chi connectivity index (χ4v) is 3.56. The fraction of sp³-hybridized carbons (Fsp3) is 0.500. The van der Waals surface area contributed by atoms with Gasteiger partial charge < -0.3 is 5.73 Å². The lowest BCUT2D eigenvalue weighted by Crippen LogP contribution is -2.52. The van der Waals surface area contributed by atoms with E-state index in [1.54, 1.807) is 0 Å². The summed E-state index contributed by atoms with van der Waals surface area (Å²) < 4.78 is 0. The molecule has 2 N–H and O–H groups in total. The van der Waals surface area contributed by atoms with Crippen LogP contribution in [0.15, 0.2) is 24.3 Å². The van der Waals surface area contributed by atoms with Crippen molar-refractivity contribution < 1.29 is 0 Å². The van der Waals surface area contributed by atoms with Crippen molar-refractivity contribution in [2.75, 3.05) is 13.1 Å². The quantitative estimate of drug-likeness (QED) is 0.815. The van der Waals surface area contributed by atoms with E-state index in [0.717, 1.165) is 53.2 Å². The molecule has 1 aliphatic heterocycles. The van der Waals surface area contributed by atoms with E-state index in [1.165, 1.54) is 0 Å². The van der Waals surface area contributed by atoms with E-state index in [4.69, 9.17) is 22.3 Å². The molecular formula is C18H26Cl3N3. The van der Waals surface area contributed by atoms with Gasteiger partial charge in [-0.2, -0.15) is 0 Å². The highest BCUT2D eigenvalue weighted by atomic mass is 35.5. The molecule has 0 amide bonds. The minimum Gasteiger partial charge on any atom is -0.327 e. The monoisotopic (exact) mass is 389 g/mol. The predicted octanol–water partition coefficient (Wildman–Crippen LogP) is 4.60. The summed E-state index contributed by atoms with van der Waals surface area (Å²) >= 11 is 6.58. The summed E-state index contributed by atoms with van der Waals surface area (Å²) in [5.74, 6) is 0. The maximum Gasteiger partial charge on any atom is 0.0740 e. The van der Waals surface area contributed by atoms with Crippen LogP contribution < -0.4 is 5.73 Å². The van der Waals surface area contributed by atoms with E-state index in [9.17, 15) is 0 Å². The zero-order valence-corrected chi connectivity index (χ0v) is 16.8. The number of fused-ring (bicyclic) bond motifs is 1. The molecule has 0 radical (unpaired) electrons. The Hall–Kier alpha value is -0.580. The van der Waals surface area contributed by atoms with Crippen molar-refractivity contribution in [1.82, 2.24) is 9.88 Å². The molecule has 0 bridgehead atoms. The van der Waals surface area contributed by atoms with Crippen LogP contribution in [0.25, 0.3) is 10.9 Å². The number of likely N-dealkylation sites (tertiary alicyclic amines) is 1. The second kappa shape index (κ2) is 8.20. The summed E-state index contributed by atoms with van der Waals surface area (Å²) in [4.78, 5) is 7.21. The SMILES string of the molecule is Cc1c(Cl)c(CN2CCC(N)C(C)(C)C2)nc2ccccc12.Cl.Cl. The number of para-hydroxylation sites is 1. The third kappa shape index (κ3) is 4.14. The van der Waals surface area contributed by atoms with Crippen molar-refractivity contribution >= 4 is 47.3 Å². The van der Waals surface area contributed by atoms with Crippen LogP contribution in [-0.2, 0) is 6.54 Å². The van der Waals surface area contributed by atoms with Crippen molar-refractivity contribution in [2.24, 2.45) is 11.1 Å². The number of pyridine rings is 1. The van der Waals surface area contributed by atoms with Gasteiger partial charge in [-0.3, -0.25) is 4.90 Å². The molecule has 0 saturated carbocycles. The minimum atomic E-state index is 0. The molecule has 1 aromatic carbocycles. The number of aryl methyl sites for hydroxylation is 1. The number of hydrogen-bond acceptors (Lipinski definition) is 3. The molecule has 24 heavy (non-hydrogen) atoms. The molecule has 3 nitrogen and oxygen atoms in total. The molecule has 2 aromatic rings. The van der Waals surface area contributed by atoms with Crippen LogP contribution in [-0.4, -0.2) is 29.0 Å². The minimum absolute atomic E-state index is 0. The maximum absolute atomic E-state index is 6.58. The third-order valence-corrected chi connectivity index (χ3v) is 5.41. The molecular weight excluding hydrogens is 365 g/mol. The molecule has 1 saturated heterocycles. The van der Waals surface area contributed by atoms with Crippen LogP contribution in [0.3, 0.4) is 0 Å². The number of nitrogens with zero attached hydrogens (tertiary/aromatic N) is 2. The molecule has 3 rings (SSSR count). The van der Waals surface area contributed by atoms with Gasteiger partial charge in [0, 0.05) is 31.1 Å². The summed E-state index contributed by atoms with van der Waals surface area (Å²) in [6.45, 7) is 9.34. The molecule has 1 aliphatic rings. The Kier molecular flexibility index (Phi) is 7.33. The van der Waals surface area contributed by atoms with Crippen molar-refractivity contribution in [1.29, 1.82) is 0 Å². The van der Waals surface area contributed by atoms with E-state index in [0.29, 0.717) is 0 Å². The smallest absolute Gasteiger partial charge is 0.0740 e. The largest absolute Gasteiger partial charge is 0.327 e. The molecule has 1 fully saturated rings. The fourth-order valence-electron chi connectivity index (χ4n) is 3.35. The zero-order chi connectivity index (χ0) is 15.9. The topological polar surface area (TPSA) is 42.1 Å². The van der Waals surface area contributed by atoms with Gasteiger partial charge in [-0.1, -0.05) is 43.6 Å². The molecule has 0 spiro atoms. The Morgan fingerprint density at radius 2 is 1.96 bits per heavy atom. The number of nitrogens with two attached hydrogens (primary N) is 1. The molecule has 2 heterocycles. The average molecular weight is 391 g/mol. The van der Waals surface area contributed by atoms with E-state index in [1.807, 2.05) is 12.1 Å². The molecule has 0 aliphatic carbocycles. The standard InChI is InChI=1S/C18H24ClN3.2ClH/c1-12-13-6-4-5-7-14(13)21-15(17(12)19)10-22-9-8-16(20)18(2,3)11-22;;/h4-7,16H,8-11,20H2,1-3H3;2*1H. The van der Waals surface area contributed by atoms with Gasteiger partial charge >= 0.3 is 0 Å². The first-order valence-electron chi connectivity index (χ1n) is 7.90. The summed E-state index contributed by atoms with van der Waals surface area (Å²) in [6, 6.07) is 8.46. The number of rotatable bonds is 2. The van der Waals surface area contributed by atoms with Gasteiger partial charge in [0.25, 0.3) is 0 Å². The Morgan fingerprint density at radius 3 is 2.62 bits per heavy atom. The summed E-state index contributed by atoms with van der Waals surface area (Å²) in [6.07, 6.45) is 1.02. The molecule has 6 heteroatoms. The number of hydrogen-bond donors (Lipinski definition) is 1. The van der Waals surface area contributed by atoms with Gasteiger partial charge in [0.05, 0.1) is 16.2 Å². The van der Waals surface area contributed by atoms with Gasteiger partial charge in [-0.15, -0.1) is 24.8 Å². The van der Waals surface area contributed by atoms with Crippen LogP contribution in [0.2, 0.25) is 5.02 Å². The van der Waals surface area contributed by atoms with Gasteiger partial charge in [-0.05, 0) is 30.4 Å². The molecule has 134 valence electrons. The summed E-state index contributed by atoms with van der Waals surface area (Å²) in [5.41, 5.74) is 9.48. The highest BCUT2D eigenvalue weighted by Crippen LogP contribution is 2.31. The van der Waals surface area contributed by atoms with E-state index in [2.05, 4.69) is 37.8 Å². The van der Waals surface area contributed by atoms with Crippen LogP contribution in [0.1, 0.15) is 31.5 Å². The summed E-state index contributed by atoms with van der Waals surface area (Å²) in [5, 5.41) is 1.93. The highest BCUT2D eigenvalue weighted by molar-refractivity contribution is 6.32. The van der Waals surface area contributed by atoms with E-state index in [-0.39, 0.29) is 36.3 Å². The van der Waals surface area contributed by atoms with E-state index < -0.39 is 0 Å². The lowest BCUT2D eigenvalue weighted by molar-refractivity contribution is 0.0890. The average Bonchev–Trinajstić information content (AvgIpc) is 2.48. The lowest BCUT2D eigenvalue weighted by atomic mass is 9.79. The normalized spacial score (nSPS) is 20.3. The molecule has 1 atom stereocenters. The van der Waals surface area contributed by atoms with Crippen molar-refractivity contribution in [2.45, 2.75) is 39.8 Å². The van der Waals surface area contributed by atoms with Crippen LogP contribution in [0.5, 0.6) is 0 Å². The van der Waals surface area contributed by atoms with Crippen molar-refractivity contribution in [3.05, 3.63) is 40.5 Å². The van der Waals surface area contributed by atoms with Crippen LogP contribution >= 0.6 is 36.4 Å². The zero-order valence-electron chi connectivity index (χ0n) is 14.4. The van der Waals surface area contributed by atoms with Crippen LogP contribution in [0.4, 0.5) is 0 Å². The van der Waals surface area contributed by atoms with Crippen LogP contribution in [0, 0.1) is 12.3 Å². The Labute approximate surface area is 161 Å². The first kappa shape index (κ1) is 21.5. The third-order valence-electron chi connectivity index (χ3n) is 4.91. The van der Waals surface area contributed by atoms with E-state index >= 15 is 0 Å².